The van der Waals surface area contributed by atoms with Gasteiger partial charge in [-0.25, -0.2) is 9.50 Å². The molecule has 6 rings (SSSR count). The lowest BCUT2D eigenvalue weighted by atomic mass is 10.0. The molecule has 0 atom stereocenters. The third kappa shape index (κ3) is 4.38. The van der Waals surface area contributed by atoms with E-state index in [0.717, 1.165) is 33.5 Å². The van der Waals surface area contributed by atoms with E-state index in [2.05, 4.69) is 20.1 Å². The first-order chi connectivity index (χ1) is 18.3. The number of nitrogens with zero attached hydrogens (tertiary/aromatic N) is 7. The minimum absolute atomic E-state index is 0.0540. The van der Waals surface area contributed by atoms with Crippen LogP contribution in [0.25, 0.3) is 27.7 Å². The Morgan fingerprint density at radius 1 is 0.974 bits per heavy atom. The molecule has 0 radical (unpaired) electrons. The molecule has 38 heavy (non-hydrogen) atoms. The number of piperazine rings is 1. The number of aryl methyl sites for hydroxylation is 1. The zero-order valence-electron chi connectivity index (χ0n) is 20.6. The van der Waals surface area contributed by atoms with E-state index in [1.54, 1.807) is 21.7 Å². The van der Waals surface area contributed by atoms with Gasteiger partial charge in [0.25, 0.3) is 5.91 Å². The molecular weight excluding hydrogens is 495 g/mol. The number of hydrogen-bond acceptors (Lipinski definition) is 5. The van der Waals surface area contributed by atoms with E-state index in [-0.39, 0.29) is 22.8 Å². The molecule has 0 bridgehead atoms. The minimum Gasteiger partial charge on any atom is -0.336 e. The second kappa shape index (κ2) is 9.25. The van der Waals surface area contributed by atoms with Crippen molar-refractivity contribution in [2.75, 3.05) is 26.2 Å². The molecule has 1 aliphatic heterocycles. The largest absolute Gasteiger partial charge is 0.433 e. The topological polar surface area (TPSA) is 71.6 Å². The lowest BCUT2D eigenvalue weighted by molar-refractivity contribution is -0.142. The average Bonchev–Trinajstić information content (AvgIpc) is 3.53. The van der Waals surface area contributed by atoms with Crippen LogP contribution in [0.1, 0.15) is 21.6 Å². The van der Waals surface area contributed by atoms with Gasteiger partial charge in [0.1, 0.15) is 5.56 Å². The van der Waals surface area contributed by atoms with Gasteiger partial charge in [0, 0.05) is 57.1 Å². The van der Waals surface area contributed by atoms with Crippen LogP contribution < -0.4 is 0 Å². The first-order valence-corrected chi connectivity index (χ1v) is 12.2. The number of halogens is 3. The van der Waals surface area contributed by atoms with Crippen LogP contribution in [0.3, 0.4) is 0 Å². The van der Waals surface area contributed by atoms with E-state index in [0.29, 0.717) is 31.7 Å². The van der Waals surface area contributed by atoms with Crippen LogP contribution in [0.15, 0.2) is 67.1 Å². The van der Waals surface area contributed by atoms with Crippen molar-refractivity contribution in [1.29, 1.82) is 0 Å². The van der Waals surface area contributed by atoms with E-state index < -0.39 is 11.9 Å². The number of aromatic nitrogens is 5. The summed E-state index contributed by atoms with van der Waals surface area (Å²) in [7, 11) is 1.86. The highest BCUT2D eigenvalue weighted by molar-refractivity contribution is 6.01. The smallest absolute Gasteiger partial charge is 0.336 e. The molecule has 1 fully saturated rings. The van der Waals surface area contributed by atoms with Crippen molar-refractivity contribution in [3.63, 3.8) is 0 Å². The van der Waals surface area contributed by atoms with Crippen LogP contribution in [0, 0.1) is 0 Å². The average molecular weight is 520 g/mol. The fourth-order valence-corrected chi connectivity index (χ4v) is 4.99. The Bertz CT molecular complexity index is 1640. The number of carbonyl (C=O) groups is 1. The lowest BCUT2D eigenvalue weighted by Gasteiger charge is -2.34. The van der Waals surface area contributed by atoms with Gasteiger partial charge in [-0.2, -0.15) is 23.4 Å². The standard InChI is InChI=1S/C27H24F3N7O/c1-34-16-18(14-31-34)17-35-9-11-36(12-10-35)26(38)22-15-32-37-24(27(28,29)30)13-23(33-25(22)37)21-8-4-6-19-5-2-3-7-20(19)21/h2-8,13-16H,9-12,17H2,1H3. The molecule has 1 amide bonds. The number of fused-ring (bicyclic) bond motifs is 2. The molecule has 0 saturated carbocycles. The molecule has 194 valence electrons. The predicted molar refractivity (Wildman–Crippen MR) is 135 cm³/mol. The summed E-state index contributed by atoms with van der Waals surface area (Å²) in [6.07, 6.45) is 0.265. The number of amides is 1. The molecule has 5 aromatic rings. The van der Waals surface area contributed by atoms with Crippen molar-refractivity contribution >= 4 is 22.3 Å². The quantitative estimate of drug-likeness (QED) is 0.355. The maximum Gasteiger partial charge on any atom is 0.433 e. The van der Waals surface area contributed by atoms with Gasteiger partial charge in [-0.3, -0.25) is 14.4 Å². The molecular formula is C27H24F3N7O. The first kappa shape index (κ1) is 24.1. The summed E-state index contributed by atoms with van der Waals surface area (Å²) in [5.74, 6) is -0.378. The summed E-state index contributed by atoms with van der Waals surface area (Å²) in [5, 5.41) is 9.78. The predicted octanol–water partition coefficient (Wildman–Crippen LogP) is 4.26. The second-order valence-electron chi connectivity index (χ2n) is 9.44. The zero-order valence-corrected chi connectivity index (χ0v) is 20.6. The Morgan fingerprint density at radius 3 is 2.47 bits per heavy atom. The third-order valence-electron chi connectivity index (χ3n) is 6.88. The monoisotopic (exact) mass is 519 g/mol. The summed E-state index contributed by atoms with van der Waals surface area (Å²) in [4.78, 5) is 21.9. The van der Waals surface area contributed by atoms with E-state index in [4.69, 9.17) is 0 Å². The van der Waals surface area contributed by atoms with Gasteiger partial charge >= 0.3 is 6.18 Å². The van der Waals surface area contributed by atoms with Crippen molar-refractivity contribution in [2.24, 2.45) is 7.05 Å². The highest BCUT2D eigenvalue weighted by Crippen LogP contribution is 2.35. The fraction of sp³-hybridized carbons (Fsp3) is 0.259. The normalized spacial score (nSPS) is 15.0. The van der Waals surface area contributed by atoms with Gasteiger partial charge in [0.15, 0.2) is 11.3 Å². The Hall–Kier alpha value is -4.25. The molecule has 1 saturated heterocycles. The van der Waals surface area contributed by atoms with Gasteiger partial charge < -0.3 is 4.90 Å². The van der Waals surface area contributed by atoms with Crippen molar-refractivity contribution in [2.45, 2.75) is 12.7 Å². The van der Waals surface area contributed by atoms with Crippen molar-refractivity contribution in [3.8, 4) is 11.3 Å². The van der Waals surface area contributed by atoms with Crippen LogP contribution in [0.5, 0.6) is 0 Å². The molecule has 0 N–H and O–H groups in total. The van der Waals surface area contributed by atoms with E-state index in [9.17, 15) is 18.0 Å². The van der Waals surface area contributed by atoms with Crippen LogP contribution in [0.4, 0.5) is 13.2 Å². The minimum atomic E-state index is -4.69. The van der Waals surface area contributed by atoms with Crippen molar-refractivity contribution < 1.29 is 18.0 Å². The Balaban J connectivity index is 1.34. The van der Waals surface area contributed by atoms with Gasteiger partial charge in [0.2, 0.25) is 0 Å². The number of hydrogen-bond donors (Lipinski definition) is 0. The van der Waals surface area contributed by atoms with Gasteiger partial charge in [0.05, 0.1) is 18.1 Å². The van der Waals surface area contributed by atoms with E-state index >= 15 is 0 Å². The molecule has 0 aliphatic carbocycles. The van der Waals surface area contributed by atoms with Crippen LogP contribution in [-0.4, -0.2) is 66.3 Å². The Morgan fingerprint density at radius 2 is 1.74 bits per heavy atom. The molecule has 0 spiro atoms. The van der Waals surface area contributed by atoms with Crippen LogP contribution >= 0.6 is 0 Å². The summed E-state index contributed by atoms with van der Waals surface area (Å²) in [6, 6.07) is 13.8. The number of alkyl halides is 3. The maximum absolute atomic E-state index is 14.1. The zero-order chi connectivity index (χ0) is 26.4. The van der Waals surface area contributed by atoms with Crippen LogP contribution in [0.2, 0.25) is 0 Å². The molecule has 0 unspecified atom stereocenters. The lowest BCUT2D eigenvalue weighted by Crippen LogP contribution is -2.48. The molecule has 2 aromatic carbocycles. The second-order valence-corrected chi connectivity index (χ2v) is 9.44. The SMILES string of the molecule is Cn1cc(CN2CCN(C(=O)c3cnn4c(C(F)(F)F)cc(-c5cccc6ccccc56)nc34)CC2)cn1. The van der Waals surface area contributed by atoms with Gasteiger partial charge in [-0.1, -0.05) is 42.5 Å². The molecule has 1 aliphatic rings. The number of rotatable bonds is 4. The molecule has 4 heterocycles. The summed E-state index contributed by atoms with van der Waals surface area (Å²) < 4.78 is 44.8. The summed E-state index contributed by atoms with van der Waals surface area (Å²) in [6.45, 7) is 2.90. The highest BCUT2D eigenvalue weighted by Gasteiger charge is 2.36. The van der Waals surface area contributed by atoms with Crippen molar-refractivity contribution in [3.05, 3.63) is 83.9 Å². The van der Waals surface area contributed by atoms with Gasteiger partial charge in [-0.05, 0) is 16.8 Å². The Kier molecular flexibility index (Phi) is 5.87. The van der Waals surface area contributed by atoms with Crippen molar-refractivity contribution in [1.82, 2.24) is 34.2 Å². The number of carbonyl (C=O) groups excluding carboxylic acids is 1. The summed E-state index contributed by atoms with van der Waals surface area (Å²) in [5.41, 5.74) is 0.742. The Labute approximate surface area is 215 Å². The van der Waals surface area contributed by atoms with Crippen LogP contribution in [-0.2, 0) is 19.8 Å². The van der Waals surface area contributed by atoms with E-state index in [1.165, 1.54) is 6.20 Å². The molecule has 3 aromatic heterocycles. The number of benzene rings is 2. The first-order valence-electron chi connectivity index (χ1n) is 12.2. The summed E-state index contributed by atoms with van der Waals surface area (Å²) >= 11 is 0. The fourth-order valence-electron chi connectivity index (χ4n) is 4.99. The van der Waals surface area contributed by atoms with E-state index in [1.807, 2.05) is 49.8 Å². The van der Waals surface area contributed by atoms with Gasteiger partial charge in [-0.15, -0.1) is 0 Å². The maximum atomic E-state index is 14.1. The molecule has 11 heteroatoms. The third-order valence-corrected chi connectivity index (χ3v) is 6.88. The highest BCUT2D eigenvalue weighted by atomic mass is 19.4. The molecule has 8 nitrogen and oxygen atoms in total.